The smallest absolute Gasteiger partial charge is 0.269 e. The summed E-state index contributed by atoms with van der Waals surface area (Å²) in [5, 5.41) is 10.9. The Bertz CT molecular complexity index is 900. The molecular formula is C19H23N3O4S. The van der Waals surface area contributed by atoms with Gasteiger partial charge < -0.3 is 0 Å². The number of nitrogens with zero attached hydrogens (tertiary/aromatic N) is 2. The molecule has 0 atom stereocenters. The van der Waals surface area contributed by atoms with Gasteiger partial charge in [0.05, 0.1) is 9.82 Å². The summed E-state index contributed by atoms with van der Waals surface area (Å²) in [6, 6.07) is 13.4. The van der Waals surface area contributed by atoms with Crippen LogP contribution in [0.25, 0.3) is 0 Å². The van der Waals surface area contributed by atoms with Crippen molar-refractivity contribution in [1.29, 1.82) is 0 Å². The number of fused-ring (bicyclic) bond motifs is 1. The second-order valence-electron chi connectivity index (χ2n) is 6.65. The molecule has 0 unspecified atom stereocenters. The highest BCUT2D eigenvalue weighted by atomic mass is 32.2. The zero-order chi connectivity index (χ0) is 19.3. The molecule has 1 aliphatic rings. The first-order chi connectivity index (χ1) is 13.0. The Balaban J connectivity index is 1.44. The van der Waals surface area contributed by atoms with E-state index in [-0.39, 0.29) is 15.5 Å². The molecule has 7 nitrogen and oxygen atoms in total. The Kier molecular flexibility index (Phi) is 6.20. The molecule has 0 aliphatic carbocycles. The van der Waals surface area contributed by atoms with Crippen LogP contribution in [0.5, 0.6) is 0 Å². The van der Waals surface area contributed by atoms with E-state index in [0.717, 1.165) is 37.9 Å². The number of nitro groups is 1. The lowest BCUT2D eigenvalue weighted by atomic mass is 9.99. The summed E-state index contributed by atoms with van der Waals surface area (Å²) < 4.78 is 26.9. The number of unbranched alkanes of at least 4 members (excludes halogenated alkanes) is 1. The molecule has 0 aromatic heterocycles. The number of benzene rings is 2. The van der Waals surface area contributed by atoms with E-state index in [0.29, 0.717) is 13.1 Å². The van der Waals surface area contributed by atoms with Crippen LogP contribution in [0.1, 0.15) is 24.0 Å². The lowest BCUT2D eigenvalue weighted by molar-refractivity contribution is -0.385. The summed E-state index contributed by atoms with van der Waals surface area (Å²) in [4.78, 5) is 13.1. The molecule has 2 aromatic rings. The standard InChI is InChI=1S/C19H23N3O4S/c23-22(24)18-9-8-16-10-13-21(15-17(16)14-18)12-5-4-11-20-27(25,26)19-6-2-1-3-7-19/h1-3,6-9,14,20H,4-5,10-13,15H2. The van der Waals surface area contributed by atoms with E-state index in [4.69, 9.17) is 0 Å². The summed E-state index contributed by atoms with van der Waals surface area (Å²) in [6.45, 7) is 2.86. The predicted octanol–water partition coefficient (Wildman–Crippen LogP) is 2.71. The van der Waals surface area contributed by atoms with Gasteiger partial charge in [0.15, 0.2) is 0 Å². The first kappa shape index (κ1) is 19.5. The summed E-state index contributed by atoms with van der Waals surface area (Å²) >= 11 is 0. The zero-order valence-electron chi connectivity index (χ0n) is 15.0. The average Bonchev–Trinajstić information content (AvgIpc) is 2.67. The maximum absolute atomic E-state index is 12.1. The van der Waals surface area contributed by atoms with Crippen molar-refractivity contribution in [1.82, 2.24) is 9.62 Å². The van der Waals surface area contributed by atoms with Crippen LogP contribution in [0.2, 0.25) is 0 Å². The topological polar surface area (TPSA) is 92.6 Å². The first-order valence-corrected chi connectivity index (χ1v) is 10.5. The third-order valence-corrected chi connectivity index (χ3v) is 6.22. The number of non-ortho nitro benzene ring substituents is 1. The summed E-state index contributed by atoms with van der Waals surface area (Å²) in [5.74, 6) is 0. The Morgan fingerprint density at radius 2 is 1.85 bits per heavy atom. The molecule has 1 aliphatic heterocycles. The predicted molar refractivity (Wildman–Crippen MR) is 103 cm³/mol. The fourth-order valence-corrected chi connectivity index (χ4v) is 4.35. The Morgan fingerprint density at radius 3 is 2.59 bits per heavy atom. The van der Waals surface area contributed by atoms with Crippen LogP contribution in [0.3, 0.4) is 0 Å². The third kappa shape index (κ3) is 5.12. The minimum atomic E-state index is -3.45. The van der Waals surface area contributed by atoms with Crippen molar-refractivity contribution < 1.29 is 13.3 Å². The van der Waals surface area contributed by atoms with Gasteiger partial charge in [-0.2, -0.15) is 0 Å². The molecule has 144 valence electrons. The number of rotatable bonds is 8. The molecule has 3 rings (SSSR count). The van der Waals surface area contributed by atoms with Crippen molar-refractivity contribution in [3.05, 3.63) is 69.8 Å². The van der Waals surface area contributed by atoms with Crippen LogP contribution in [0.15, 0.2) is 53.4 Å². The molecule has 27 heavy (non-hydrogen) atoms. The van der Waals surface area contributed by atoms with Gasteiger partial charge in [-0.15, -0.1) is 0 Å². The van der Waals surface area contributed by atoms with Crippen molar-refractivity contribution in [2.75, 3.05) is 19.6 Å². The maximum atomic E-state index is 12.1. The zero-order valence-corrected chi connectivity index (χ0v) is 15.8. The number of nitro benzene ring substituents is 1. The fourth-order valence-electron chi connectivity index (χ4n) is 3.26. The van der Waals surface area contributed by atoms with Crippen molar-refractivity contribution >= 4 is 15.7 Å². The molecule has 0 bridgehead atoms. The van der Waals surface area contributed by atoms with Gasteiger partial charge in [0, 0.05) is 31.8 Å². The van der Waals surface area contributed by atoms with Gasteiger partial charge in [-0.3, -0.25) is 15.0 Å². The highest BCUT2D eigenvalue weighted by Crippen LogP contribution is 2.23. The highest BCUT2D eigenvalue weighted by molar-refractivity contribution is 7.89. The van der Waals surface area contributed by atoms with Gasteiger partial charge in [-0.25, -0.2) is 13.1 Å². The third-order valence-electron chi connectivity index (χ3n) is 4.74. The highest BCUT2D eigenvalue weighted by Gasteiger charge is 2.19. The van der Waals surface area contributed by atoms with Crippen molar-refractivity contribution in [2.24, 2.45) is 0 Å². The van der Waals surface area contributed by atoms with Gasteiger partial charge in [0.1, 0.15) is 0 Å². The summed E-state index contributed by atoms with van der Waals surface area (Å²) in [6.07, 6.45) is 2.49. The number of hydrogen-bond acceptors (Lipinski definition) is 5. The van der Waals surface area contributed by atoms with Crippen molar-refractivity contribution in [2.45, 2.75) is 30.7 Å². The van der Waals surface area contributed by atoms with E-state index >= 15 is 0 Å². The Hall–Kier alpha value is -2.29. The fraction of sp³-hybridized carbons (Fsp3) is 0.368. The van der Waals surface area contributed by atoms with E-state index in [1.807, 2.05) is 6.07 Å². The largest absolute Gasteiger partial charge is 0.299 e. The van der Waals surface area contributed by atoms with Crippen molar-refractivity contribution in [3.8, 4) is 0 Å². The molecule has 1 heterocycles. The molecule has 0 spiro atoms. The van der Waals surface area contributed by atoms with Crippen LogP contribution in [-0.2, 0) is 23.0 Å². The van der Waals surface area contributed by atoms with Crippen LogP contribution in [0, 0.1) is 10.1 Å². The quantitative estimate of drug-likeness (QED) is 0.426. The second kappa shape index (κ2) is 8.60. The van der Waals surface area contributed by atoms with Gasteiger partial charge >= 0.3 is 0 Å². The van der Waals surface area contributed by atoms with Gasteiger partial charge in [0.25, 0.3) is 5.69 Å². The normalized spacial score (nSPS) is 14.7. The molecule has 0 saturated carbocycles. The number of hydrogen-bond donors (Lipinski definition) is 1. The summed E-state index contributed by atoms with van der Waals surface area (Å²) in [5.41, 5.74) is 2.32. The van der Waals surface area contributed by atoms with Gasteiger partial charge in [-0.1, -0.05) is 24.3 Å². The monoisotopic (exact) mass is 389 g/mol. The van der Waals surface area contributed by atoms with Crippen LogP contribution >= 0.6 is 0 Å². The molecule has 1 N–H and O–H groups in total. The van der Waals surface area contributed by atoms with Crippen LogP contribution < -0.4 is 4.72 Å². The second-order valence-corrected chi connectivity index (χ2v) is 8.42. The minimum Gasteiger partial charge on any atom is -0.299 e. The Morgan fingerprint density at radius 1 is 1.07 bits per heavy atom. The molecule has 8 heteroatoms. The van der Waals surface area contributed by atoms with Gasteiger partial charge in [-0.05, 0) is 49.1 Å². The Labute approximate surface area is 159 Å². The molecule has 0 radical (unpaired) electrons. The molecular weight excluding hydrogens is 366 g/mol. The van der Waals surface area contributed by atoms with Crippen molar-refractivity contribution in [3.63, 3.8) is 0 Å². The summed E-state index contributed by atoms with van der Waals surface area (Å²) in [7, 11) is -3.45. The number of nitrogens with one attached hydrogen (secondary N) is 1. The lowest BCUT2D eigenvalue weighted by Crippen LogP contribution is -2.32. The average molecular weight is 389 g/mol. The van der Waals surface area contributed by atoms with E-state index in [1.54, 1.807) is 42.5 Å². The number of sulfonamides is 1. The molecule has 2 aromatic carbocycles. The minimum absolute atomic E-state index is 0.130. The van der Waals surface area contributed by atoms with Crippen LogP contribution in [-0.4, -0.2) is 37.9 Å². The molecule has 0 amide bonds. The SMILES string of the molecule is O=[N+]([O-])c1ccc2c(c1)CN(CCCCNS(=O)(=O)c1ccccc1)CC2. The first-order valence-electron chi connectivity index (χ1n) is 8.99. The van der Waals surface area contributed by atoms with E-state index in [9.17, 15) is 18.5 Å². The van der Waals surface area contributed by atoms with E-state index in [1.165, 1.54) is 5.56 Å². The van der Waals surface area contributed by atoms with Gasteiger partial charge in [0.2, 0.25) is 10.0 Å². The molecule has 0 saturated heterocycles. The van der Waals surface area contributed by atoms with E-state index in [2.05, 4.69) is 9.62 Å². The van der Waals surface area contributed by atoms with E-state index < -0.39 is 10.0 Å². The molecule has 0 fully saturated rings. The lowest BCUT2D eigenvalue weighted by Gasteiger charge is -2.28. The maximum Gasteiger partial charge on any atom is 0.269 e. The van der Waals surface area contributed by atoms with Crippen LogP contribution in [0.4, 0.5) is 5.69 Å².